The van der Waals surface area contributed by atoms with E-state index in [1.807, 2.05) is 0 Å². The normalized spacial score (nSPS) is 31.3. The van der Waals surface area contributed by atoms with Gasteiger partial charge in [0.15, 0.2) is 0 Å². The van der Waals surface area contributed by atoms with Crippen LogP contribution in [0.3, 0.4) is 0 Å². The Balaban J connectivity index is 1.53. The summed E-state index contributed by atoms with van der Waals surface area (Å²) in [6, 6.07) is -0.0881. The Morgan fingerprint density at radius 2 is 1.90 bits per heavy atom. The number of carbonyl (C=O) groups excluding carboxylic acids is 3. The minimum Gasteiger partial charge on any atom is -0.481 e. The van der Waals surface area contributed by atoms with E-state index < -0.39 is 11.9 Å². The van der Waals surface area contributed by atoms with Crippen LogP contribution in [0.2, 0.25) is 0 Å². The third kappa shape index (κ3) is 5.64. The van der Waals surface area contributed by atoms with E-state index in [1.165, 1.54) is 0 Å². The Bertz CT molecular complexity index is 770. The fourth-order valence-electron chi connectivity index (χ4n) is 5.98. The van der Waals surface area contributed by atoms with Crippen LogP contribution in [0.5, 0.6) is 0 Å². The number of likely N-dealkylation sites (tertiary alicyclic amines) is 2. The van der Waals surface area contributed by atoms with Gasteiger partial charge in [-0.1, -0.05) is 20.8 Å². The Hall–Kier alpha value is -2.41. The molecule has 31 heavy (non-hydrogen) atoms. The van der Waals surface area contributed by atoms with Crippen molar-refractivity contribution in [3.63, 3.8) is 0 Å². The molecule has 0 aromatic carbocycles. The number of aliphatic imine (C=N–C) groups is 1. The SMILES string of the molecule is CC1(C)CC(NC(=O)N2CCC(N3CC(C(=O)O)CC3=O)CC2)CC(C)(CN=C=O)C1. The largest absolute Gasteiger partial charge is 0.481 e. The van der Waals surface area contributed by atoms with Crippen LogP contribution >= 0.6 is 0 Å². The molecule has 9 nitrogen and oxygen atoms in total. The number of hydrogen-bond acceptors (Lipinski definition) is 5. The molecule has 3 fully saturated rings. The first-order valence-corrected chi connectivity index (χ1v) is 11.1. The molecule has 172 valence electrons. The Labute approximate surface area is 183 Å². The van der Waals surface area contributed by atoms with E-state index in [1.54, 1.807) is 15.9 Å². The lowest BCUT2D eigenvalue weighted by atomic mass is 9.62. The Morgan fingerprint density at radius 1 is 1.23 bits per heavy atom. The molecule has 3 amide bonds. The number of amides is 3. The number of nitrogens with zero attached hydrogens (tertiary/aromatic N) is 3. The zero-order valence-electron chi connectivity index (χ0n) is 18.7. The van der Waals surface area contributed by atoms with Gasteiger partial charge in [0, 0.05) is 38.1 Å². The van der Waals surface area contributed by atoms with Gasteiger partial charge in [0.25, 0.3) is 0 Å². The van der Waals surface area contributed by atoms with Gasteiger partial charge in [-0.3, -0.25) is 9.59 Å². The van der Waals surface area contributed by atoms with Crippen molar-refractivity contribution in [1.29, 1.82) is 0 Å². The van der Waals surface area contributed by atoms with Crippen LogP contribution in [-0.2, 0) is 14.4 Å². The van der Waals surface area contributed by atoms with Crippen LogP contribution < -0.4 is 5.32 Å². The maximum Gasteiger partial charge on any atom is 0.317 e. The molecule has 0 bridgehead atoms. The third-order valence-corrected chi connectivity index (χ3v) is 7.00. The predicted molar refractivity (Wildman–Crippen MR) is 113 cm³/mol. The average molecular weight is 435 g/mol. The minimum absolute atomic E-state index is 0.000918. The monoisotopic (exact) mass is 434 g/mol. The van der Waals surface area contributed by atoms with Crippen molar-refractivity contribution < 1.29 is 24.3 Å². The molecule has 2 saturated heterocycles. The zero-order valence-corrected chi connectivity index (χ0v) is 18.7. The van der Waals surface area contributed by atoms with Crippen molar-refractivity contribution >= 4 is 24.0 Å². The van der Waals surface area contributed by atoms with E-state index in [0.717, 1.165) is 19.3 Å². The summed E-state index contributed by atoms with van der Waals surface area (Å²) < 4.78 is 0. The van der Waals surface area contributed by atoms with Gasteiger partial charge in [-0.2, -0.15) is 0 Å². The minimum atomic E-state index is -0.922. The number of rotatable bonds is 5. The summed E-state index contributed by atoms with van der Waals surface area (Å²) in [7, 11) is 0. The van der Waals surface area contributed by atoms with Crippen LogP contribution in [0.1, 0.15) is 59.3 Å². The number of nitrogens with one attached hydrogen (secondary N) is 1. The number of hydrogen-bond donors (Lipinski definition) is 2. The van der Waals surface area contributed by atoms with Crippen molar-refractivity contribution in [2.45, 2.75) is 71.4 Å². The molecule has 1 aliphatic carbocycles. The number of carbonyl (C=O) groups is 3. The third-order valence-electron chi connectivity index (χ3n) is 7.00. The summed E-state index contributed by atoms with van der Waals surface area (Å²) in [6.07, 6.45) is 5.59. The molecule has 3 unspecified atom stereocenters. The van der Waals surface area contributed by atoms with E-state index in [2.05, 4.69) is 31.1 Å². The summed E-state index contributed by atoms with van der Waals surface area (Å²) in [5.74, 6) is -1.65. The van der Waals surface area contributed by atoms with Crippen LogP contribution in [-0.4, -0.2) is 77.2 Å². The number of carboxylic acids is 1. The summed E-state index contributed by atoms with van der Waals surface area (Å²) in [6.45, 7) is 8.23. The summed E-state index contributed by atoms with van der Waals surface area (Å²) >= 11 is 0. The van der Waals surface area contributed by atoms with E-state index >= 15 is 0 Å². The molecule has 2 aliphatic heterocycles. The number of isocyanates is 1. The molecule has 2 heterocycles. The van der Waals surface area contributed by atoms with Crippen molar-refractivity contribution in [1.82, 2.24) is 15.1 Å². The van der Waals surface area contributed by atoms with Crippen molar-refractivity contribution in [3.05, 3.63) is 0 Å². The fraction of sp³-hybridized carbons (Fsp3) is 0.818. The van der Waals surface area contributed by atoms with Gasteiger partial charge in [0.05, 0.1) is 12.5 Å². The van der Waals surface area contributed by atoms with Crippen molar-refractivity contribution in [2.24, 2.45) is 21.7 Å². The highest BCUT2D eigenvalue weighted by molar-refractivity contribution is 5.86. The second kappa shape index (κ2) is 8.99. The Morgan fingerprint density at radius 3 is 2.48 bits per heavy atom. The maximum atomic E-state index is 12.9. The smallest absolute Gasteiger partial charge is 0.317 e. The topological polar surface area (TPSA) is 119 Å². The molecule has 3 rings (SSSR count). The van der Waals surface area contributed by atoms with E-state index in [0.29, 0.717) is 32.5 Å². The lowest BCUT2D eigenvalue weighted by Crippen LogP contribution is -2.54. The van der Waals surface area contributed by atoms with Gasteiger partial charge < -0.3 is 20.2 Å². The van der Waals surface area contributed by atoms with Gasteiger partial charge >= 0.3 is 12.0 Å². The van der Waals surface area contributed by atoms with Gasteiger partial charge in [0.2, 0.25) is 12.0 Å². The summed E-state index contributed by atoms with van der Waals surface area (Å²) in [5, 5.41) is 12.4. The van der Waals surface area contributed by atoms with Crippen LogP contribution in [0, 0.1) is 16.7 Å². The molecule has 0 radical (unpaired) electrons. The highest BCUT2D eigenvalue weighted by Gasteiger charge is 2.43. The molecule has 3 atom stereocenters. The average Bonchev–Trinajstić information content (AvgIpc) is 3.07. The number of carboxylic acid groups (broad SMARTS) is 1. The van der Waals surface area contributed by atoms with Crippen LogP contribution in [0.25, 0.3) is 0 Å². The molecule has 0 aromatic rings. The fourth-order valence-corrected chi connectivity index (χ4v) is 5.98. The molecule has 2 N–H and O–H groups in total. The molecule has 3 aliphatic rings. The number of aliphatic carboxylic acids is 1. The van der Waals surface area contributed by atoms with Crippen molar-refractivity contribution in [2.75, 3.05) is 26.2 Å². The lowest BCUT2D eigenvalue weighted by molar-refractivity contribution is -0.141. The molecular formula is C22H34N4O5. The number of urea groups is 1. The second-order valence-corrected chi connectivity index (χ2v) is 10.6. The van der Waals surface area contributed by atoms with Gasteiger partial charge in [0.1, 0.15) is 0 Å². The van der Waals surface area contributed by atoms with Crippen molar-refractivity contribution in [3.8, 4) is 0 Å². The van der Waals surface area contributed by atoms with E-state index in [4.69, 9.17) is 0 Å². The summed E-state index contributed by atoms with van der Waals surface area (Å²) in [4.78, 5) is 54.2. The maximum absolute atomic E-state index is 12.9. The quantitative estimate of drug-likeness (QED) is 0.507. The first-order valence-electron chi connectivity index (χ1n) is 11.1. The first kappa shape index (κ1) is 23.3. The molecule has 1 saturated carbocycles. The van der Waals surface area contributed by atoms with Gasteiger partial charge in [-0.25, -0.2) is 14.6 Å². The highest BCUT2D eigenvalue weighted by atomic mass is 16.4. The predicted octanol–water partition coefficient (Wildman–Crippen LogP) is 2.01. The molecule has 0 spiro atoms. The second-order valence-electron chi connectivity index (χ2n) is 10.6. The lowest BCUT2D eigenvalue weighted by Gasteiger charge is -2.46. The van der Waals surface area contributed by atoms with Crippen LogP contribution in [0.15, 0.2) is 4.99 Å². The molecule has 9 heteroatoms. The zero-order chi connectivity index (χ0) is 22.8. The number of piperidine rings is 1. The molecule has 0 aromatic heterocycles. The highest BCUT2D eigenvalue weighted by Crippen LogP contribution is 2.46. The van der Waals surface area contributed by atoms with E-state index in [9.17, 15) is 24.3 Å². The Kier molecular flexibility index (Phi) is 6.74. The first-order chi connectivity index (χ1) is 14.5. The van der Waals surface area contributed by atoms with E-state index in [-0.39, 0.29) is 47.8 Å². The van der Waals surface area contributed by atoms with Gasteiger partial charge in [-0.15, -0.1) is 0 Å². The molecular weight excluding hydrogens is 400 g/mol. The van der Waals surface area contributed by atoms with Crippen LogP contribution in [0.4, 0.5) is 4.79 Å². The summed E-state index contributed by atoms with van der Waals surface area (Å²) in [5.41, 5.74) is -0.117. The van der Waals surface area contributed by atoms with Gasteiger partial charge in [-0.05, 0) is 42.9 Å². The standard InChI is InChI=1S/C22H34N4O5/c1-21(2)9-16(10-22(3,12-21)13-23-14-27)24-20(31)25-6-4-17(5-7-25)26-11-15(19(29)30)8-18(26)28/h15-17H,4-13H2,1-3H3,(H,24,31)(H,29,30).